The van der Waals surface area contributed by atoms with Crippen molar-refractivity contribution in [1.29, 1.82) is 0 Å². The molecule has 0 radical (unpaired) electrons. The van der Waals surface area contributed by atoms with Crippen molar-refractivity contribution in [2.24, 2.45) is 10.8 Å². The summed E-state index contributed by atoms with van der Waals surface area (Å²) in [7, 11) is 4.19. The van der Waals surface area contributed by atoms with Crippen LogP contribution in [-0.4, -0.2) is 54.7 Å². The van der Waals surface area contributed by atoms with E-state index in [1.165, 1.54) is 19.3 Å². The number of likely N-dealkylation sites (N-methyl/N-ethyl adjacent to an activating group) is 1. The number of nitrogens with zero attached hydrogens (tertiary/aromatic N) is 2. The Morgan fingerprint density at radius 1 is 1.32 bits per heavy atom. The highest BCUT2D eigenvalue weighted by atomic mass is 32.1. The molecule has 1 aliphatic carbocycles. The Hall–Kier alpha value is -0.350. The van der Waals surface area contributed by atoms with Crippen LogP contribution in [0.4, 0.5) is 0 Å². The van der Waals surface area contributed by atoms with Crippen LogP contribution in [0.3, 0.4) is 0 Å². The molecule has 1 aliphatic heterocycles. The van der Waals surface area contributed by atoms with Gasteiger partial charge in [0.15, 0.2) is 5.11 Å². The first-order chi connectivity index (χ1) is 8.71. The summed E-state index contributed by atoms with van der Waals surface area (Å²) in [5.41, 5.74) is 0.922. The minimum Gasteiger partial charge on any atom is -0.361 e. The number of likely N-dealkylation sites (tertiary alicyclic amines) is 1. The summed E-state index contributed by atoms with van der Waals surface area (Å²) < 4.78 is 0. The van der Waals surface area contributed by atoms with Crippen LogP contribution in [-0.2, 0) is 0 Å². The first-order valence-electron chi connectivity index (χ1n) is 7.40. The molecule has 110 valence electrons. The van der Waals surface area contributed by atoms with Crippen molar-refractivity contribution >= 4 is 17.3 Å². The van der Waals surface area contributed by atoms with Crippen LogP contribution in [0.1, 0.15) is 40.0 Å². The Labute approximate surface area is 123 Å². The van der Waals surface area contributed by atoms with Crippen LogP contribution in [0.5, 0.6) is 0 Å². The molecule has 0 unspecified atom stereocenters. The number of rotatable bonds is 3. The molecule has 0 aromatic rings. The lowest BCUT2D eigenvalue weighted by Crippen LogP contribution is -2.45. The Morgan fingerprint density at radius 3 is 2.63 bits per heavy atom. The molecule has 4 heteroatoms. The Bertz CT molecular complexity index is 353. The highest BCUT2D eigenvalue weighted by Gasteiger charge is 2.50. The van der Waals surface area contributed by atoms with E-state index < -0.39 is 0 Å². The topological polar surface area (TPSA) is 18.5 Å². The summed E-state index contributed by atoms with van der Waals surface area (Å²) in [4.78, 5) is 4.64. The molecule has 1 saturated heterocycles. The maximum atomic E-state index is 5.61. The van der Waals surface area contributed by atoms with E-state index in [0.29, 0.717) is 16.9 Å². The zero-order valence-electron chi connectivity index (χ0n) is 13.1. The lowest BCUT2D eigenvalue weighted by molar-refractivity contribution is 0.132. The number of nitrogens with one attached hydrogen (secondary N) is 1. The molecule has 0 aromatic heterocycles. The van der Waals surface area contributed by atoms with Crippen molar-refractivity contribution in [3.8, 4) is 0 Å². The second-order valence-electron chi connectivity index (χ2n) is 7.88. The lowest BCUT2D eigenvalue weighted by Gasteiger charge is -2.39. The number of hydrogen-bond acceptors (Lipinski definition) is 2. The smallest absolute Gasteiger partial charge is 0.169 e. The van der Waals surface area contributed by atoms with Crippen LogP contribution >= 0.6 is 12.2 Å². The average Bonchev–Trinajstić information content (AvgIpc) is 2.47. The first-order valence-corrected chi connectivity index (χ1v) is 7.81. The molecule has 0 amide bonds. The molecular weight excluding hydrogens is 254 g/mol. The molecule has 2 bridgehead atoms. The standard InChI is InChI=1S/C15H29N3S/c1-14(2)8-12-9-15(3,10-14)11-18(12)13(19)16-6-7-17(4)5/h12H,6-11H2,1-5H3,(H,16,19)/t12-,15-/m1/s1. The largest absolute Gasteiger partial charge is 0.361 e. The normalized spacial score (nSPS) is 32.7. The van der Waals surface area contributed by atoms with Crippen molar-refractivity contribution in [2.45, 2.75) is 46.1 Å². The van der Waals surface area contributed by atoms with Crippen molar-refractivity contribution in [2.75, 3.05) is 33.7 Å². The molecule has 2 rings (SSSR count). The Balaban J connectivity index is 1.93. The zero-order chi connectivity index (χ0) is 14.3. The summed E-state index contributed by atoms with van der Waals surface area (Å²) >= 11 is 5.61. The van der Waals surface area contributed by atoms with Crippen LogP contribution in [0.25, 0.3) is 0 Å². The van der Waals surface area contributed by atoms with Gasteiger partial charge < -0.3 is 15.1 Å². The van der Waals surface area contributed by atoms with Crippen LogP contribution in [0.15, 0.2) is 0 Å². The molecule has 3 nitrogen and oxygen atoms in total. The third-order valence-electron chi connectivity index (χ3n) is 4.51. The van der Waals surface area contributed by atoms with Crippen molar-refractivity contribution in [3.05, 3.63) is 0 Å². The summed E-state index contributed by atoms with van der Waals surface area (Å²) in [5, 5.41) is 4.39. The second kappa shape index (κ2) is 5.21. The molecule has 1 heterocycles. The molecule has 2 fully saturated rings. The fraction of sp³-hybridized carbons (Fsp3) is 0.933. The summed E-state index contributed by atoms with van der Waals surface area (Å²) in [5.74, 6) is 0. The summed E-state index contributed by atoms with van der Waals surface area (Å²) in [6.45, 7) is 10.3. The van der Waals surface area contributed by atoms with Gasteiger partial charge in [-0.05, 0) is 56.4 Å². The van der Waals surface area contributed by atoms with Gasteiger partial charge in [-0.1, -0.05) is 20.8 Å². The third kappa shape index (κ3) is 3.60. The number of fused-ring (bicyclic) bond motifs is 2. The number of thiocarbonyl (C=S) groups is 1. The van der Waals surface area contributed by atoms with E-state index in [4.69, 9.17) is 12.2 Å². The van der Waals surface area contributed by atoms with Gasteiger partial charge in [-0.25, -0.2) is 0 Å². The van der Waals surface area contributed by atoms with E-state index in [0.717, 1.165) is 24.7 Å². The maximum Gasteiger partial charge on any atom is 0.169 e. The number of hydrogen-bond donors (Lipinski definition) is 1. The fourth-order valence-corrected chi connectivity index (χ4v) is 4.50. The van der Waals surface area contributed by atoms with Gasteiger partial charge in [0.2, 0.25) is 0 Å². The lowest BCUT2D eigenvalue weighted by atomic mass is 9.65. The highest BCUT2D eigenvalue weighted by Crippen LogP contribution is 2.52. The van der Waals surface area contributed by atoms with Gasteiger partial charge in [0.05, 0.1) is 0 Å². The van der Waals surface area contributed by atoms with Crippen molar-refractivity contribution in [1.82, 2.24) is 15.1 Å². The van der Waals surface area contributed by atoms with Crippen molar-refractivity contribution in [3.63, 3.8) is 0 Å². The molecule has 0 aromatic carbocycles. The minimum atomic E-state index is 0.458. The Morgan fingerprint density at radius 2 is 2.00 bits per heavy atom. The zero-order valence-corrected chi connectivity index (χ0v) is 13.9. The molecule has 1 saturated carbocycles. The van der Waals surface area contributed by atoms with Gasteiger partial charge in [-0.2, -0.15) is 0 Å². The quantitative estimate of drug-likeness (QED) is 0.801. The molecule has 1 N–H and O–H groups in total. The van der Waals surface area contributed by atoms with E-state index in [1.54, 1.807) is 0 Å². The monoisotopic (exact) mass is 283 g/mol. The van der Waals surface area contributed by atoms with Crippen LogP contribution in [0.2, 0.25) is 0 Å². The molecule has 0 spiro atoms. The Kier molecular flexibility index (Phi) is 4.12. The molecule has 19 heavy (non-hydrogen) atoms. The maximum absolute atomic E-state index is 5.61. The predicted octanol–water partition coefficient (Wildman–Crippen LogP) is 2.32. The summed E-state index contributed by atoms with van der Waals surface area (Å²) in [6.07, 6.45) is 3.91. The van der Waals surface area contributed by atoms with E-state index >= 15 is 0 Å². The van der Waals surface area contributed by atoms with E-state index in [2.05, 4.69) is 50.0 Å². The molecule has 2 atom stereocenters. The van der Waals surface area contributed by atoms with Gasteiger partial charge in [0.1, 0.15) is 0 Å². The van der Waals surface area contributed by atoms with E-state index in [1.807, 2.05) is 0 Å². The first kappa shape index (κ1) is 15.0. The fourth-order valence-electron chi connectivity index (χ4n) is 4.19. The minimum absolute atomic E-state index is 0.458. The van der Waals surface area contributed by atoms with Gasteiger partial charge in [0, 0.05) is 25.7 Å². The SMILES string of the molecule is CN(C)CCNC(=S)N1C[C@]2(C)C[C@H]1CC(C)(C)C2. The predicted molar refractivity (Wildman–Crippen MR) is 85.4 cm³/mol. The molecular formula is C15H29N3S. The van der Waals surface area contributed by atoms with Gasteiger partial charge in [0.25, 0.3) is 0 Å². The highest BCUT2D eigenvalue weighted by molar-refractivity contribution is 7.80. The van der Waals surface area contributed by atoms with E-state index in [9.17, 15) is 0 Å². The van der Waals surface area contributed by atoms with Gasteiger partial charge in [-0.15, -0.1) is 0 Å². The van der Waals surface area contributed by atoms with Gasteiger partial charge in [-0.3, -0.25) is 0 Å². The van der Waals surface area contributed by atoms with Crippen LogP contribution in [0, 0.1) is 10.8 Å². The van der Waals surface area contributed by atoms with E-state index in [-0.39, 0.29) is 0 Å². The van der Waals surface area contributed by atoms with Crippen molar-refractivity contribution < 1.29 is 0 Å². The second-order valence-corrected chi connectivity index (χ2v) is 8.26. The summed E-state index contributed by atoms with van der Waals surface area (Å²) in [6, 6.07) is 0.646. The van der Waals surface area contributed by atoms with Crippen LogP contribution < -0.4 is 5.32 Å². The third-order valence-corrected chi connectivity index (χ3v) is 4.89. The average molecular weight is 283 g/mol. The molecule has 2 aliphatic rings. The van der Waals surface area contributed by atoms with Gasteiger partial charge >= 0.3 is 0 Å².